The summed E-state index contributed by atoms with van der Waals surface area (Å²) in [5.74, 6) is 0.833. The molecule has 0 aliphatic carbocycles. The van der Waals surface area contributed by atoms with Gasteiger partial charge in [0.2, 0.25) is 0 Å². The number of pyridine rings is 1. The summed E-state index contributed by atoms with van der Waals surface area (Å²) in [6, 6.07) is 7.80. The van der Waals surface area contributed by atoms with Gasteiger partial charge in [-0.25, -0.2) is 9.67 Å². The van der Waals surface area contributed by atoms with Crippen LogP contribution in [0.4, 0.5) is 0 Å². The molecule has 15 heavy (non-hydrogen) atoms. The van der Waals surface area contributed by atoms with Gasteiger partial charge in [-0.2, -0.15) is 5.10 Å². The minimum Gasteiger partial charge on any atom is -0.325 e. The molecule has 0 fully saturated rings. The third-order valence-electron chi connectivity index (χ3n) is 2.30. The van der Waals surface area contributed by atoms with Crippen LogP contribution in [0.5, 0.6) is 0 Å². The Labute approximate surface area is 88.8 Å². The Balaban J connectivity index is 2.44. The van der Waals surface area contributed by atoms with Gasteiger partial charge in [-0.15, -0.1) is 0 Å². The largest absolute Gasteiger partial charge is 0.325 e. The molecule has 0 aromatic carbocycles. The van der Waals surface area contributed by atoms with Crippen molar-refractivity contribution in [1.82, 2.24) is 14.8 Å². The number of rotatable bonds is 3. The monoisotopic (exact) mass is 202 g/mol. The third kappa shape index (κ3) is 1.89. The second-order valence-corrected chi connectivity index (χ2v) is 3.28. The molecule has 4 heteroatoms. The van der Waals surface area contributed by atoms with E-state index < -0.39 is 0 Å². The topological polar surface area (TPSA) is 56.7 Å². The summed E-state index contributed by atoms with van der Waals surface area (Å²) in [7, 11) is 0. The van der Waals surface area contributed by atoms with E-state index in [2.05, 4.69) is 17.0 Å². The zero-order valence-corrected chi connectivity index (χ0v) is 8.72. The van der Waals surface area contributed by atoms with Crippen molar-refractivity contribution in [3.05, 3.63) is 41.9 Å². The number of nitrogens with zero attached hydrogens (tertiary/aromatic N) is 3. The maximum Gasteiger partial charge on any atom is 0.153 e. The van der Waals surface area contributed by atoms with E-state index in [9.17, 15) is 0 Å². The van der Waals surface area contributed by atoms with Gasteiger partial charge in [0, 0.05) is 18.4 Å². The van der Waals surface area contributed by atoms with Crippen molar-refractivity contribution in [3.8, 4) is 5.82 Å². The van der Waals surface area contributed by atoms with Gasteiger partial charge in [0.15, 0.2) is 5.82 Å². The van der Waals surface area contributed by atoms with Crippen LogP contribution in [0.3, 0.4) is 0 Å². The molecule has 0 bridgehead atoms. The maximum atomic E-state index is 5.55. The Bertz CT molecular complexity index is 447. The predicted molar refractivity (Wildman–Crippen MR) is 58.6 cm³/mol. The van der Waals surface area contributed by atoms with Gasteiger partial charge in [0.1, 0.15) is 0 Å². The van der Waals surface area contributed by atoms with Crippen LogP contribution in [0.25, 0.3) is 5.82 Å². The van der Waals surface area contributed by atoms with Crippen molar-refractivity contribution in [2.24, 2.45) is 5.73 Å². The number of aryl methyl sites for hydroxylation is 1. The van der Waals surface area contributed by atoms with Gasteiger partial charge in [-0.1, -0.05) is 13.0 Å². The molecule has 0 aliphatic rings. The van der Waals surface area contributed by atoms with Crippen molar-refractivity contribution in [1.29, 1.82) is 0 Å². The molecule has 2 heterocycles. The third-order valence-corrected chi connectivity index (χ3v) is 2.30. The Hall–Kier alpha value is -1.68. The molecule has 0 atom stereocenters. The first kappa shape index (κ1) is 9.86. The summed E-state index contributed by atoms with van der Waals surface area (Å²) in [6.45, 7) is 2.55. The molecule has 0 amide bonds. The molecule has 4 nitrogen and oxygen atoms in total. The number of hydrogen-bond donors (Lipinski definition) is 1. The summed E-state index contributed by atoms with van der Waals surface area (Å²) < 4.78 is 1.85. The molecule has 2 N–H and O–H groups in total. The quantitative estimate of drug-likeness (QED) is 0.815. The highest BCUT2D eigenvalue weighted by Crippen LogP contribution is 2.08. The minimum absolute atomic E-state index is 0.455. The summed E-state index contributed by atoms with van der Waals surface area (Å²) in [4.78, 5) is 4.42. The maximum absolute atomic E-state index is 5.55. The molecule has 2 aromatic heterocycles. The zero-order valence-electron chi connectivity index (χ0n) is 8.72. The van der Waals surface area contributed by atoms with E-state index >= 15 is 0 Å². The normalized spacial score (nSPS) is 10.5. The smallest absolute Gasteiger partial charge is 0.153 e. The first-order valence-electron chi connectivity index (χ1n) is 5.04. The summed E-state index contributed by atoms with van der Waals surface area (Å²) >= 11 is 0. The lowest BCUT2D eigenvalue weighted by Crippen LogP contribution is -2.07. The van der Waals surface area contributed by atoms with Crippen LogP contribution in [0, 0.1) is 0 Å². The molecule has 2 rings (SSSR count). The highest BCUT2D eigenvalue weighted by atomic mass is 15.3. The SMILES string of the molecule is CCc1ccnn1-c1cccc(CN)n1. The van der Waals surface area contributed by atoms with E-state index in [4.69, 9.17) is 5.73 Å². The van der Waals surface area contributed by atoms with Gasteiger partial charge < -0.3 is 5.73 Å². The molecule has 0 spiro atoms. The molecule has 0 aliphatic heterocycles. The zero-order chi connectivity index (χ0) is 10.7. The van der Waals surface area contributed by atoms with Crippen LogP contribution in [0.15, 0.2) is 30.5 Å². The van der Waals surface area contributed by atoms with Crippen LogP contribution < -0.4 is 5.73 Å². The average Bonchev–Trinajstić information content (AvgIpc) is 2.77. The first-order chi connectivity index (χ1) is 7.35. The summed E-state index contributed by atoms with van der Waals surface area (Å²) in [6.07, 6.45) is 2.73. The fraction of sp³-hybridized carbons (Fsp3) is 0.273. The van der Waals surface area contributed by atoms with Gasteiger partial charge in [0.25, 0.3) is 0 Å². The van der Waals surface area contributed by atoms with Crippen molar-refractivity contribution in [2.45, 2.75) is 19.9 Å². The van der Waals surface area contributed by atoms with Crippen LogP contribution in [0.1, 0.15) is 18.3 Å². The molecule has 78 valence electrons. The van der Waals surface area contributed by atoms with Gasteiger partial charge in [0.05, 0.1) is 5.69 Å². The molecular formula is C11H14N4. The number of nitrogens with two attached hydrogens (primary N) is 1. The van der Waals surface area contributed by atoms with Crippen molar-refractivity contribution < 1.29 is 0 Å². The van der Waals surface area contributed by atoms with Crippen LogP contribution >= 0.6 is 0 Å². The van der Waals surface area contributed by atoms with Crippen LogP contribution in [-0.2, 0) is 13.0 Å². The molecule has 0 saturated heterocycles. The van der Waals surface area contributed by atoms with E-state index in [0.29, 0.717) is 6.54 Å². The van der Waals surface area contributed by atoms with Crippen molar-refractivity contribution >= 4 is 0 Å². The van der Waals surface area contributed by atoms with Gasteiger partial charge >= 0.3 is 0 Å². The predicted octanol–water partition coefficient (Wildman–Crippen LogP) is 1.29. The molecule has 0 saturated carbocycles. The van der Waals surface area contributed by atoms with Crippen molar-refractivity contribution in [3.63, 3.8) is 0 Å². The average molecular weight is 202 g/mol. The van der Waals surface area contributed by atoms with Crippen molar-refractivity contribution in [2.75, 3.05) is 0 Å². The highest BCUT2D eigenvalue weighted by Gasteiger charge is 2.04. The van der Waals surface area contributed by atoms with Gasteiger partial charge in [-0.3, -0.25) is 0 Å². The van der Waals surface area contributed by atoms with E-state index in [0.717, 1.165) is 23.6 Å². The summed E-state index contributed by atoms with van der Waals surface area (Å²) in [5.41, 5.74) is 7.58. The Morgan fingerprint density at radius 1 is 1.33 bits per heavy atom. The number of aromatic nitrogens is 3. The fourth-order valence-corrected chi connectivity index (χ4v) is 1.50. The van der Waals surface area contributed by atoms with Crippen LogP contribution in [-0.4, -0.2) is 14.8 Å². The summed E-state index contributed by atoms with van der Waals surface area (Å²) in [5, 5.41) is 4.25. The Kier molecular flexibility index (Phi) is 2.78. The minimum atomic E-state index is 0.455. The lowest BCUT2D eigenvalue weighted by Gasteiger charge is -2.05. The second-order valence-electron chi connectivity index (χ2n) is 3.28. The van der Waals surface area contributed by atoms with Gasteiger partial charge in [-0.05, 0) is 24.6 Å². The fourth-order valence-electron chi connectivity index (χ4n) is 1.50. The van der Waals surface area contributed by atoms with E-state index in [-0.39, 0.29) is 0 Å². The van der Waals surface area contributed by atoms with E-state index in [1.165, 1.54) is 0 Å². The number of hydrogen-bond acceptors (Lipinski definition) is 3. The van der Waals surface area contributed by atoms with Crippen LogP contribution in [0.2, 0.25) is 0 Å². The molecule has 0 radical (unpaired) electrons. The highest BCUT2D eigenvalue weighted by molar-refractivity contribution is 5.26. The lowest BCUT2D eigenvalue weighted by molar-refractivity contribution is 0.780. The van der Waals surface area contributed by atoms with E-state index in [1.54, 1.807) is 6.20 Å². The molecular weight excluding hydrogens is 188 g/mol. The first-order valence-corrected chi connectivity index (χ1v) is 5.04. The Morgan fingerprint density at radius 3 is 2.93 bits per heavy atom. The lowest BCUT2D eigenvalue weighted by atomic mass is 10.3. The second kappa shape index (κ2) is 4.23. The van der Waals surface area contributed by atoms with E-state index in [1.807, 2.05) is 28.9 Å². The Morgan fingerprint density at radius 2 is 2.20 bits per heavy atom. The molecule has 0 unspecified atom stereocenters. The molecule has 2 aromatic rings. The standard InChI is InChI=1S/C11H14N4/c1-2-10-6-7-13-15(10)11-5-3-4-9(8-12)14-11/h3-7H,2,8,12H2,1H3.